The quantitative estimate of drug-likeness (QED) is 0.582. The third kappa shape index (κ3) is 4.98. The van der Waals surface area contributed by atoms with Crippen LogP contribution in [0.1, 0.15) is 22.3 Å². The normalized spacial score (nSPS) is 12.0. The van der Waals surface area contributed by atoms with Crippen LogP contribution in [0.25, 0.3) is 0 Å². The topological polar surface area (TPSA) is 83.6 Å². The van der Waals surface area contributed by atoms with E-state index >= 15 is 0 Å². The summed E-state index contributed by atoms with van der Waals surface area (Å²) in [4.78, 5) is 0.196. The lowest BCUT2D eigenvalue weighted by molar-refractivity contribution is 0.580. The van der Waals surface area contributed by atoms with E-state index in [1.54, 1.807) is 44.2 Å². The summed E-state index contributed by atoms with van der Waals surface area (Å²) in [6.07, 6.45) is 0. The van der Waals surface area contributed by atoms with Gasteiger partial charge in [-0.25, -0.2) is 21.6 Å². The largest absolute Gasteiger partial charge is 0.269 e. The van der Waals surface area contributed by atoms with E-state index < -0.39 is 20.0 Å². The van der Waals surface area contributed by atoms with Gasteiger partial charge in [-0.1, -0.05) is 54.1 Å². The molecule has 0 amide bonds. The Kier molecular flexibility index (Phi) is 6.54. The van der Waals surface area contributed by atoms with Gasteiger partial charge < -0.3 is 0 Å². The van der Waals surface area contributed by atoms with Gasteiger partial charge in [-0.2, -0.15) is 0 Å². The molecule has 0 aromatic heterocycles. The predicted molar refractivity (Wildman–Crippen MR) is 123 cm³/mol. The maximum atomic E-state index is 13.1. The molecular formula is C23H26N2O4S2. The standard InChI is InChI=1S/C23H26N2O4S2/c1-17-10-12-21(13-11-17)31(28,29)25(4)22-15-23(19(3)14-18(22)2)30(26,27)24-16-20-8-6-5-7-9-20/h5-15,24H,16H2,1-4H3. The monoisotopic (exact) mass is 458 g/mol. The fourth-order valence-electron chi connectivity index (χ4n) is 3.30. The SMILES string of the molecule is Cc1ccc(S(=O)(=O)N(C)c2cc(S(=O)(=O)NCc3ccccc3)c(C)cc2C)cc1. The van der Waals surface area contributed by atoms with Gasteiger partial charge in [-0.15, -0.1) is 0 Å². The van der Waals surface area contributed by atoms with Crippen LogP contribution in [-0.2, 0) is 26.6 Å². The highest BCUT2D eigenvalue weighted by molar-refractivity contribution is 7.92. The van der Waals surface area contributed by atoms with Crippen LogP contribution in [0.2, 0.25) is 0 Å². The fourth-order valence-corrected chi connectivity index (χ4v) is 5.81. The van der Waals surface area contributed by atoms with Gasteiger partial charge in [0.1, 0.15) is 0 Å². The minimum atomic E-state index is -3.85. The number of anilines is 1. The van der Waals surface area contributed by atoms with Crippen molar-refractivity contribution in [2.75, 3.05) is 11.4 Å². The molecule has 3 aromatic carbocycles. The molecule has 0 atom stereocenters. The van der Waals surface area contributed by atoms with Crippen LogP contribution < -0.4 is 9.03 Å². The summed E-state index contributed by atoms with van der Waals surface area (Å²) in [6, 6.07) is 18.9. The van der Waals surface area contributed by atoms with E-state index in [0.29, 0.717) is 16.8 Å². The molecule has 0 aliphatic heterocycles. The van der Waals surface area contributed by atoms with Crippen LogP contribution in [-0.4, -0.2) is 23.9 Å². The Morgan fingerprint density at radius 2 is 1.42 bits per heavy atom. The van der Waals surface area contributed by atoms with E-state index in [1.807, 2.05) is 37.3 Å². The van der Waals surface area contributed by atoms with Gasteiger partial charge in [-0.05, 0) is 55.7 Å². The first-order valence-electron chi connectivity index (χ1n) is 9.73. The van der Waals surface area contributed by atoms with E-state index in [4.69, 9.17) is 0 Å². The van der Waals surface area contributed by atoms with E-state index in [-0.39, 0.29) is 16.3 Å². The maximum Gasteiger partial charge on any atom is 0.264 e. The average molecular weight is 459 g/mol. The molecule has 3 rings (SSSR count). The fraction of sp³-hybridized carbons (Fsp3) is 0.217. The molecule has 0 fully saturated rings. The lowest BCUT2D eigenvalue weighted by Crippen LogP contribution is -2.28. The van der Waals surface area contributed by atoms with Crippen molar-refractivity contribution in [3.8, 4) is 0 Å². The minimum absolute atomic E-state index is 0.0509. The third-order valence-corrected chi connectivity index (χ3v) is 8.44. The van der Waals surface area contributed by atoms with E-state index in [1.165, 1.54) is 13.1 Å². The highest BCUT2D eigenvalue weighted by Gasteiger charge is 2.25. The number of hydrogen-bond donors (Lipinski definition) is 1. The van der Waals surface area contributed by atoms with E-state index in [0.717, 1.165) is 15.4 Å². The van der Waals surface area contributed by atoms with Crippen molar-refractivity contribution in [2.45, 2.75) is 37.1 Å². The van der Waals surface area contributed by atoms with Crippen molar-refractivity contribution >= 4 is 25.7 Å². The van der Waals surface area contributed by atoms with Crippen molar-refractivity contribution in [1.29, 1.82) is 0 Å². The summed E-state index contributed by atoms with van der Waals surface area (Å²) >= 11 is 0. The summed E-state index contributed by atoms with van der Waals surface area (Å²) in [5, 5.41) is 0. The Morgan fingerprint density at radius 1 is 0.806 bits per heavy atom. The van der Waals surface area contributed by atoms with Gasteiger partial charge in [0.2, 0.25) is 10.0 Å². The molecule has 0 saturated carbocycles. The average Bonchev–Trinajstić information content (AvgIpc) is 2.73. The van der Waals surface area contributed by atoms with Crippen molar-refractivity contribution in [1.82, 2.24) is 4.72 Å². The molecule has 3 aromatic rings. The van der Waals surface area contributed by atoms with Crippen LogP contribution >= 0.6 is 0 Å². The molecule has 0 bridgehead atoms. The smallest absolute Gasteiger partial charge is 0.264 e. The van der Waals surface area contributed by atoms with Gasteiger partial charge in [0, 0.05) is 13.6 Å². The van der Waals surface area contributed by atoms with Gasteiger partial charge in [0.15, 0.2) is 0 Å². The first kappa shape index (κ1) is 23.0. The second kappa shape index (κ2) is 8.82. The third-order valence-electron chi connectivity index (χ3n) is 5.11. The van der Waals surface area contributed by atoms with Crippen molar-refractivity contribution < 1.29 is 16.8 Å². The lowest BCUT2D eigenvalue weighted by atomic mass is 10.1. The minimum Gasteiger partial charge on any atom is -0.269 e. The van der Waals surface area contributed by atoms with Crippen LogP contribution in [0.4, 0.5) is 5.69 Å². The van der Waals surface area contributed by atoms with Crippen LogP contribution in [0.15, 0.2) is 76.5 Å². The number of nitrogens with zero attached hydrogens (tertiary/aromatic N) is 1. The molecule has 164 valence electrons. The number of benzene rings is 3. The Balaban J connectivity index is 1.97. The number of hydrogen-bond acceptors (Lipinski definition) is 4. The van der Waals surface area contributed by atoms with Gasteiger partial charge in [0.25, 0.3) is 10.0 Å². The van der Waals surface area contributed by atoms with Crippen LogP contribution in [0, 0.1) is 20.8 Å². The first-order chi connectivity index (χ1) is 14.5. The Bertz CT molecular complexity index is 1290. The zero-order chi connectivity index (χ0) is 22.8. The molecule has 0 aliphatic rings. The highest BCUT2D eigenvalue weighted by Crippen LogP contribution is 2.30. The summed E-state index contributed by atoms with van der Waals surface area (Å²) < 4.78 is 55.9. The molecular weight excluding hydrogens is 432 g/mol. The number of rotatable bonds is 7. The zero-order valence-electron chi connectivity index (χ0n) is 18.0. The molecule has 6 nitrogen and oxygen atoms in total. The zero-order valence-corrected chi connectivity index (χ0v) is 19.6. The first-order valence-corrected chi connectivity index (χ1v) is 12.6. The van der Waals surface area contributed by atoms with Crippen molar-refractivity contribution in [3.05, 3.63) is 89.0 Å². The molecule has 0 saturated heterocycles. The van der Waals surface area contributed by atoms with E-state index in [9.17, 15) is 16.8 Å². The van der Waals surface area contributed by atoms with Crippen LogP contribution in [0.3, 0.4) is 0 Å². The van der Waals surface area contributed by atoms with Crippen LogP contribution in [0.5, 0.6) is 0 Å². The molecule has 0 radical (unpaired) electrons. The summed E-state index contributed by atoms with van der Waals surface area (Å²) in [6.45, 7) is 5.48. The molecule has 31 heavy (non-hydrogen) atoms. The second-order valence-electron chi connectivity index (χ2n) is 7.50. The molecule has 0 spiro atoms. The van der Waals surface area contributed by atoms with Gasteiger partial charge in [0.05, 0.1) is 15.5 Å². The lowest BCUT2D eigenvalue weighted by Gasteiger charge is -2.23. The van der Waals surface area contributed by atoms with E-state index in [2.05, 4.69) is 4.72 Å². The second-order valence-corrected chi connectivity index (χ2v) is 11.2. The number of nitrogens with one attached hydrogen (secondary N) is 1. The number of aryl methyl sites for hydroxylation is 3. The van der Waals surface area contributed by atoms with Crippen molar-refractivity contribution in [3.63, 3.8) is 0 Å². The summed E-state index contributed by atoms with van der Waals surface area (Å²) in [5.41, 5.74) is 3.30. The Hall–Kier alpha value is -2.68. The summed E-state index contributed by atoms with van der Waals surface area (Å²) in [7, 11) is -6.26. The molecule has 0 aliphatic carbocycles. The predicted octanol–water partition coefficient (Wildman–Crippen LogP) is 3.92. The molecule has 0 unspecified atom stereocenters. The van der Waals surface area contributed by atoms with Gasteiger partial charge in [-0.3, -0.25) is 4.31 Å². The Labute approximate surface area is 184 Å². The molecule has 1 N–H and O–H groups in total. The molecule has 0 heterocycles. The highest BCUT2D eigenvalue weighted by atomic mass is 32.2. The maximum absolute atomic E-state index is 13.1. The Morgan fingerprint density at radius 3 is 2.03 bits per heavy atom. The van der Waals surface area contributed by atoms with Crippen molar-refractivity contribution in [2.24, 2.45) is 0 Å². The molecule has 8 heteroatoms. The number of sulfonamides is 2. The summed E-state index contributed by atoms with van der Waals surface area (Å²) in [5.74, 6) is 0. The van der Waals surface area contributed by atoms with Gasteiger partial charge >= 0.3 is 0 Å².